The standard InChI is InChI=1S/C32H47F3N6S/c33-32(34,35)28-8-7-25(23-30(28)42-22-21-38-13-2-1-3-14-38)31-27-24-36-12-9-29(27)41(37-31)18-6-15-39-19-10-26(11-20-39)40-16-4-5-17-40/h7-8,23,26,36H,1-6,9-22,24H2. The minimum atomic E-state index is -4.37. The van der Waals surface area contributed by atoms with Crippen molar-refractivity contribution in [1.29, 1.82) is 0 Å². The van der Waals surface area contributed by atoms with Gasteiger partial charge in [0, 0.05) is 66.1 Å². The Balaban J connectivity index is 1.12. The lowest BCUT2D eigenvalue weighted by Gasteiger charge is -2.36. The van der Waals surface area contributed by atoms with Crippen LogP contribution in [-0.4, -0.2) is 95.2 Å². The minimum absolute atomic E-state index is 0.321. The number of nitrogens with zero attached hydrogens (tertiary/aromatic N) is 5. The summed E-state index contributed by atoms with van der Waals surface area (Å²) in [6, 6.07) is 5.42. The molecule has 0 unspecified atom stereocenters. The van der Waals surface area contributed by atoms with Crippen molar-refractivity contribution in [1.82, 2.24) is 29.8 Å². The summed E-state index contributed by atoms with van der Waals surface area (Å²) in [6.07, 6.45) is 6.48. The van der Waals surface area contributed by atoms with Gasteiger partial charge in [0.15, 0.2) is 0 Å². The van der Waals surface area contributed by atoms with Crippen LogP contribution in [0.4, 0.5) is 13.2 Å². The number of aromatic nitrogens is 2. The summed E-state index contributed by atoms with van der Waals surface area (Å²) < 4.78 is 44.1. The first-order valence-corrected chi connectivity index (χ1v) is 17.3. The molecule has 0 aliphatic carbocycles. The smallest absolute Gasteiger partial charge is 0.312 e. The Bertz CT molecular complexity index is 1160. The van der Waals surface area contributed by atoms with Crippen molar-refractivity contribution >= 4 is 11.8 Å². The number of halogens is 3. The summed E-state index contributed by atoms with van der Waals surface area (Å²) in [5, 5.41) is 8.51. The Kier molecular flexibility index (Phi) is 10.2. The predicted octanol–water partition coefficient (Wildman–Crippen LogP) is 5.74. The van der Waals surface area contributed by atoms with Crippen molar-refractivity contribution in [2.24, 2.45) is 0 Å². The van der Waals surface area contributed by atoms with Gasteiger partial charge in [-0.05, 0) is 103 Å². The number of fused-ring (bicyclic) bond motifs is 1. The summed E-state index contributed by atoms with van der Waals surface area (Å²) in [5.41, 5.74) is 3.50. The van der Waals surface area contributed by atoms with Gasteiger partial charge in [-0.15, -0.1) is 11.8 Å². The fraction of sp³-hybridized carbons (Fsp3) is 0.719. The van der Waals surface area contributed by atoms with Crippen LogP contribution in [0, 0.1) is 0 Å². The van der Waals surface area contributed by atoms with Gasteiger partial charge in [0.2, 0.25) is 0 Å². The van der Waals surface area contributed by atoms with Crippen LogP contribution in [0.3, 0.4) is 0 Å². The number of hydrogen-bond acceptors (Lipinski definition) is 6. The molecule has 0 amide bonds. The second kappa shape index (κ2) is 14.0. The zero-order valence-electron chi connectivity index (χ0n) is 24.9. The molecule has 3 fully saturated rings. The summed E-state index contributed by atoms with van der Waals surface area (Å²) in [4.78, 5) is 8.01. The predicted molar refractivity (Wildman–Crippen MR) is 164 cm³/mol. The van der Waals surface area contributed by atoms with Crippen molar-refractivity contribution in [2.75, 3.05) is 64.7 Å². The van der Waals surface area contributed by atoms with Crippen molar-refractivity contribution in [2.45, 2.75) is 88.0 Å². The van der Waals surface area contributed by atoms with E-state index < -0.39 is 11.7 Å². The first-order valence-electron chi connectivity index (χ1n) is 16.3. The van der Waals surface area contributed by atoms with E-state index in [1.807, 2.05) is 0 Å². The van der Waals surface area contributed by atoms with E-state index in [0.717, 1.165) is 75.0 Å². The summed E-state index contributed by atoms with van der Waals surface area (Å²) in [5.74, 6) is 0.663. The highest BCUT2D eigenvalue weighted by atomic mass is 32.2. The monoisotopic (exact) mass is 604 g/mol. The van der Waals surface area contributed by atoms with Gasteiger partial charge in [-0.25, -0.2) is 0 Å². The van der Waals surface area contributed by atoms with Crippen molar-refractivity contribution < 1.29 is 13.2 Å². The first-order chi connectivity index (χ1) is 20.5. The van der Waals surface area contributed by atoms with Gasteiger partial charge in [0.1, 0.15) is 0 Å². The number of piperidine rings is 2. The summed E-state index contributed by atoms with van der Waals surface area (Å²) in [7, 11) is 0. The van der Waals surface area contributed by atoms with E-state index in [-0.39, 0.29) is 0 Å². The van der Waals surface area contributed by atoms with Crippen LogP contribution in [-0.2, 0) is 25.7 Å². The fourth-order valence-electron chi connectivity index (χ4n) is 7.39. The Morgan fingerprint density at radius 3 is 2.38 bits per heavy atom. The topological polar surface area (TPSA) is 39.6 Å². The fourth-order valence-corrected chi connectivity index (χ4v) is 8.51. The second-order valence-electron chi connectivity index (χ2n) is 12.6. The van der Waals surface area contributed by atoms with Gasteiger partial charge < -0.3 is 20.0 Å². The summed E-state index contributed by atoms with van der Waals surface area (Å²) >= 11 is 1.34. The van der Waals surface area contributed by atoms with E-state index in [4.69, 9.17) is 5.10 Å². The number of nitrogens with one attached hydrogen (secondary N) is 1. The molecule has 4 aliphatic heterocycles. The summed E-state index contributed by atoms with van der Waals surface area (Å²) in [6.45, 7) is 11.4. The largest absolute Gasteiger partial charge is 0.417 e. The molecule has 1 aromatic carbocycles. The Morgan fingerprint density at radius 2 is 1.62 bits per heavy atom. The molecule has 232 valence electrons. The zero-order valence-corrected chi connectivity index (χ0v) is 25.8. The van der Waals surface area contributed by atoms with Crippen LogP contribution in [0.25, 0.3) is 11.3 Å². The van der Waals surface area contributed by atoms with E-state index in [0.29, 0.717) is 17.2 Å². The maximum Gasteiger partial charge on any atom is 0.417 e. The van der Waals surface area contributed by atoms with E-state index in [9.17, 15) is 13.2 Å². The normalized spacial score (nSPS) is 21.7. The Hall–Kier alpha value is -1.59. The second-order valence-corrected chi connectivity index (χ2v) is 13.7. The van der Waals surface area contributed by atoms with Gasteiger partial charge in [0.25, 0.3) is 0 Å². The van der Waals surface area contributed by atoms with Crippen LogP contribution in [0.1, 0.15) is 68.2 Å². The molecule has 1 N–H and O–H groups in total. The number of rotatable bonds is 10. The average molecular weight is 605 g/mol. The third kappa shape index (κ3) is 7.37. The highest BCUT2D eigenvalue weighted by Gasteiger charge is 2.34. The van der Waals surface area contributed by atoms with Gasteiger partial charge >= 0.3 is 6.18 Å². The number of alkyl halides is 3. The molecule has 0 atom stereocenters. The maximum atomic E-state index is 14.0. The van der Waals surface area contributed by atoms with Crippen LogP contribution in [0.15, 0.2) is 23.1 Å². The van der Waals surface area contributed by atoms with Crippen molar-refractivity contribution in [3.8, 4) is 11.3 Å². The van der Waals surface area contributed by atoms with Crippen LogP contribution in [0.2, 0.25) is 0 Å². The molecule has 2 aromatic rings. The minimum Gasteiger partial charge on any atom is -0.312 e. The molecule has 0 radical (unpaired) electrons. The third-order valence-corrected chi connectivity index (χ3v) is 10.8. The average Bonchev–Trinajstić information content (AvgIpc) is 3.67. The lowest BCUT2D eigenvalue weighted by Crippen LogP contribution is -2.44. The molecule has 3 saturated heterocycles. The van der Waals surface area contributed by atoms with E-state index in [2.05, 4.69) is 24.7 Å². The molecule has 6 nitrogen and oxygen atoms in total. The Morgan fingerprint density at radius 1 is 0.881 bits per heavy atom. The number of thioether (sulfide) groups is 1. The molecular formula is C32H47F3N6S. The first kappa shape index (κ1) is 30.4. The highest BCUT2D eigenvalue weighted by Crippen LogP contribution is 2.40. The van der Waals surface area contributed by atoms with Crippen LogP contribution < -0.4 is 5.32 Å². The zero-order chi connectivity index (χ0) is 28.9. The van der Waals surface area contributed by atoms with E-state index >= 15 is 0 Å². The Labute approximate surface area is 253 Å². The van der Waals surface area contributed by atoms with Crippen molar-refractivity contribution in [3.05, 3.63) is 35.0 Å². The lowest BCUT2D eigenvalue weighted by molar-refractivity contribution is -0.139. The number of aryl methyl sites for hydroxylation is 1. The maximum absolute atomic E-state index is 14.0. The highest BCUT2D eigenvalue weighted by molar-refractivity contribution is 7.99. The molecule has 1 aromatic heterocycles. The van der Waals surface area contributed by atoms with Crippen LogP contribution in [0.5, 0.6) is 0 Å². The molecule has 5 heterocycles. The van der Waals surface area contributed by atoms with E-state index in [1.54, 1.807) is 12.1 Å². The SMILES string of the molecule is FC(F)(F)c1ccc(-c2nn(CCCN3CCC(N4CCCC4)CC3)c3c2CNCC3)cc1SCCN1CCCCC1. The van der Waals surface area contributed by atoms with Crippen molar-refractivity contribution in [3.63, 3.8) is 0 Å². The number of likely N-dealkylation sites (tertiary alicyclic amines) is 3. The van der Waals surface area contributed by atoms with Gasteiger partial charge in [-0.3, -0.25) is 4.68 Å². The molecular weight excluding hydrogens is 557 g/mol. The van der Waals surface area contributed by atoms with Gasteiger partial charge in [0.05, 0.1) is 11.3 Å². The molecule has 4 aliphatic rings. The quantitative estimate of drug-likeness (QED) is 0.349. The lowest BCUT2D eigenvalue weighted by atomic mass is 10.0. The van der Waals surface area contributed by atoms with Crippen LogP contribution >= 0.6 is 11.8 Å². The third-order valence-electron chi connectivity index (χ3n) is 9.74. The molecule has 10 heteroatoms. The molecule has 0 spiro atoms. The number of hydrogen-bond donors (Lipinski definition) is 1. The molecule has 6 rings (SSSR count). The van der Waals surface area contributed by atoms with Gasteiger partial charge in [-0.2, -0.15) is 18.3 Å². The number of benzene rings is 1. The van der Waals surface area contributed by atoms with Gasteiger partial charge in [-0.1, -0.05) is 12.5 Å². The molecule has 0 saturated carbocycles. The molecule has 42 heavy (non-hydrogen) atoms. The molecule has 0 bridgehead atoms. The van der Waals surface area contributed by atoms with E-state index in [1.165, 1.54) is 94.6 Å².